The number of amides is 1. The van der Waals surface area contributed by atoms with Crippen molar-refractivity contribution < 1.29 is 52.8 Å². The molecule has 0 bridgehead atoms. The van der Waals surface area contributed by atoms with Crippen molar-refractivity contribution in [2.45, 2.75) is 109 Å². The smallest absolute Gasteiger partial charge is 0.325 e. The largest absolute Gasteiger partial charge is 0.456 e. The lowest BCUT2D eigenvalue weighted by Gasteiger charge is -2.60. The highest BCUT2D eigenvalue weighted by atomic mass is 19.1. The van der Waals surface area contributed by atoms with E-state index in [1.54, 1.807) is 6.08 Å². The standard InChI is InChI=1S/C33H45FN2O11/c1-4-8-29-46-26-15-21-20-14-23(34)22-13-19(37)10-11-31(22,2)30(20)24(38)16-32(21,3)33(26,47-29)25(39)18-44-28(41)17-35-27(40)9-6-5-7-12-45-36(42)43/h10-11,13,20-21,23-24,26,29-30,38H,4-9,12,14-18H2,1-3H3,(H,35,40)/t20-,21-,23-,24-,26+,29?,30+,31-,32-,33-/m0/s1. The number of allylic oxidation sites excluding steroid dienone is 4. The number of aliphatic hydroxyl groups is 1. The number of hydrogen-bond acceptors (Lipinski definition) is 11. The number of carbonyl (C=O) groups is 4. The summed E-state index contributed by atoms with van der Waals surface area (Å²) in [5.41, 5.74) is -2.97. The van der Waals surface area contributed by atoms with E-state index in [9.17, 15) is 34.4 Å². The quantitative estimate of drug-likeness (QED) is 0.121. The van der Waals surface area contributed by atoms with Gasteiger partial charge in [0, 0.05) is 23.2 Å². The summed E-state index contributed by atoms with van der Waals surface area (Å²) in [6.07, 6.45) is 4.27. The molecule has 1 heterocycles. The van der Waals surface area contributed by atoms with Crippen molar-refractivity contribution in [1.82, 2.24) is 5.32 Å². The van der Waals surface area contributed by atoms with Gasteiger partial charge in [-0.05, 0) is 68.1 Å². The molecule has 10 atom stereocenters. The Kier molecular flexibility index (Phi) is 10.2. The summed E-state index contributed by atoms with van der Waals surface area (Å²) in [6, 6.07) is 0. The Hall–Kier alpha value is -3.23. The second kappa shape index (κ2) is 13.7. The predicted molar refractivity (Wildman–Crippen MR) is 161 cm³/mol. The number of fused-ring (bicyclic) bond motifs is 7. The number of ether oxygens (including phenoxy) is 3. The summed E-state index contributed by atoms with van der Waals surface area (Å²) in [7, 11) is 0. The molecule has 13 nitrogen and oxygen atoms in total. The van der Waals surface area contributed by atoms with E-state index < -0.39 is 77.0 Å². The van der Waals surface area contributed by atoms with Gasteiger partial charge in [0.15, 0.2) is 24.3 Å². The molecule has 1 amide bonds. The third-order valence-corrected chi connectivity index (χ3v) is 11.2. The van der Waals surface area contributed by atoms with E-state index in [1.165, 1.54) is 12.2 Å². The average Bonchev–Trinajstić information content (AvgIpc) is 3.49. The lowest BCUT2D eigenvalue weighted by atomic mass is 9.46. The molecule has 4 aliphatic carbocycles. The van der Waals surface area contributed by atoms with E-state index in [0.717, 1.165) is 6.42 Å². The predicted octanol–water partition coefficient (Wildman–Crippen LogP) is 3.10. The van der Waals surface area contributed by atoms with Gasteiger partial charge in [0.2, 0.25) is 11.7 Å². The van der Waals surface area contributed by atoms with Crippen LogP contribution in [0, 0.1) is 38.7 Å². The minimum absolute atomic E-state index is 0.0568. The Morgan fingerprint density at radius 1 is 1.21 bits per heavy atom. The van der Waals surface area contributed by atoms with Crippen LogP contribution in [0.3, 0.4) is 0 Å². The van der Waals surface area contributed by atoms with Crippen molar-refractivity contribution in [3.8, 4) is 0 Å². The second-order valence-corrected chi connectivity index (χ2v) is 14.0. The van der Waals surface area contributed by atoms with Gasteiger partial charge >= 0.3 is 5.97 Å². The molecular formula is C33H45FN2O11. The van der Waals surface area contributed by atoms with Crippen LogP contribution >= 0.6 is 0 Å². The normalized spacial score (nSPS) is 38.4. The molecule has 1 saturated heterocycles. The number of carbonyl (C=O) groups excluding carboxylic acids is 4. The zero-order valence-corrected chi connectivity index (χ0v) is 27.1. The molecule has 4 fully saturated rings. The molecular weight excluding hydrogens is 619 g/mol. The van der Waals surface area contributed by atoms with Gasteiger partial charge in [0.05, 0.1) is 18.8 Å². The fraction of sp³-hybridized carbons (Fsp3) is 0.758. The summed E-state index contributed by atoms with van der Waals surface area (Å²) in [5.74, 6) is -2.96. The number of nitrogens with one attached hydrogen (secondary N) is 1. The highest BCUT2D eigenvalue weighted by Gasteiger charge is 2.76. The number of nitrogens with zero attached hydrogens (tertiary/aromatic N) is 1. The van der Waals surface area contributed by atoms with Crippen LogP contribution in [0.2, 0.25) is 0 Å². The number of hydrogen-bond donors (Lipinski definition) is 2. The van der Waals surface area contributed by atoms with Gasteiger partial charge in [0.1, 0.15) is 12.7 Å². The first-order valence-corrected chi connectivity index (χ1v) is 16.6. The Labute approximate surface area is 272 Å². The number of esters is 1. The maximum atomic E-state index is 15.8. The lowest BCUT2D eigenvalue weighted by molar-refractivity contribution is -0.757. The van der Waals surface area contributed by atoms with Crippen LogP contribution in [0.1, 0.15) is 78.6 Å². The maximum Gasteiger partial charge on any atom is 0.325 e. The SMILES string of the molecule is CCCC1O[C@@H]2C[C@H]3[C@@H]4C[C@H](F)C5=CC(=O)C=C[C@]5(C)[C@H]4[C@@H](O)C[C@]3(C)[C@@]2(C(=O)COC(=O)CNC(=O)CCCCCO[N+](=O)[O-])O1. The average molecular weight is 665 g/mol. The van der Waals surface area contributed by atoms with Gasteiger partial charge in [-0.1, -0.05) is 39.7 Å². The number of aliphatic hydroxyl groups excluding tert-OH is 1. The van der Waals surface area contributed by atoms with Crippen LogP contribution in [0.25, 0.3) is 0 Å². The highest BCUT2D eigenvalue weighted by molar-refractivity contribution is 6.01. The molecule has 0 aromatic heterocycles. The van der Waals surface area contributed by atoms with E-state index in [2.05, 4.69) is 10.2 Å². The van der Waals surface area contributed by atoms with Crippen molar-refractivity contribution in [3.05, 3.63) is 33.9 Å². The molecule has 1 unspecified atom stereocenters. The lowest BCUT2D eigenvalue weighted by Crippen LogP contribution is -2.64. The zero-order valence-electron chi connectivity index (χ0n) is 27.1. The summed E-state index contributed by atoms with van der Waals surface area (Å²) in [5, 5.41) is 23.5. The first kappa shape index (κ1) is 35.1. The van der Waals surface area contributed by atoms with Crippen molar-refractivity contribution in [2.24, 2.45) is 28.6 Å². The molecule has 0 spiro atoms. The van der Waals surface area contributed by atoms with E-state index in [4.69, 9.17) is 14.2 Å². The van der Waals surface area contributed by atoms with Crippen LogP contribution < -0.4 is 5.32 Å². The van der Waals surface area contributed by atoms with Gasteiger partial charge < -0.3 is 29.5 Å². The summed E-state index contributed by atoms with van der Waals surface area (Å²) in [4.78, 5) is 65.5. The minimum atomic E-state index is -1.53. The van der Waals surface area contributed by atoms with E-state index in [0.29, 0.717) is 37.7 Å². The van der Waals surface area contributed by atoms with Crippen molar-refractivity contribution in [2.75, 3.05) is 19.8 Å². The minimum Gasteiger partial charge on any atom is -0.456 e. The van der Waals surface area contributed by atoms with Gasteiger partial charge in [-0.3, -0.25) is 19.2 Å². The molecule has 0 aromatic rings. The van der Waals surface area contributed by atoms with Gasteiger partial charge in [0.25, 0.3) is 5.09 Å². The van der Waals surface area contributed by atoms with Crippen molar-refractivity contribution >= 4 is 23.4 Å². The number of rotatable bonds is 14. The van der Waals surface area contributed by atoms with Crippen LogP contribution in [-0.4, -0.2) is 83.7 Å². The Balaban J connectivity index is 1.26. The highest BCUT2D eigenvalue weighted by Crippen LogP contribution is 2.70. The molecule has 0 radical (unpaired) electrons. The summed E-state index contributed by atoms with van der Waals surface area (Å²) < 4.78 is 34.0. The van der Waals surface area contributed by atoms with Gasteiger partial charge in [-0.2, -0.15) is 0 Å². The van der Waals surface area contributed by atoms with Crippen LogP contribution in [0.5, 0.6) is 0 Å². The fourth-order valence-corrected chi connectivity index (χ4v) is 9.28. The van der Waals surface area contributed by atoms with E-state index >= 15 is 4.39 Å². The van der Waals surface area contributed by atoms with Crippen molar-refractivity contribution in [1.29, 1.82) is 0 Å². The van der Waals surface area contributed by atoms with E-state index in [-0.39, 0.29) is 49.4 Å². The molecule has 260 valence electrons. The van der Waals surface area contributed by atoms with Crippen molar-refractivity contribution in [3.63, 3.8) is 0 Å². The van der Waals surface area contributed by atoms with Gasteiger partial charge in [-0.25, -0.2) is 4.39 Å². The number of halogens is 1. The molecule has 0 aromatic carbocycles. The summed E-state index contributed by atoms with van der Waals surface area (Å²) in [6.45, 7) is 4.58. The van der Waals surface area contributed by atoms with E-state index in [1.807, 2.05) is 20.8 Å². The van der Waals surface area contributed by atoms with Crippen LogP contribution in [-0.2, 0) is 38.2 Å². The number of unbranched alkanes of at least 4 members (excludes halogenated alkanes) is 2. The molecule has 47 heavy (non-hydrogen) atoms. The Bertz CT molecular complexity index is 1340. The van der Waals surface area contributed by atoms with Crippen LogP contribution in [0.15, 0.2) is 23.8 Å². The second-order valence-electron chi connectivity index (χ2n) is 14.0. The molecule has 2 N–H and O–H groups in total. The molecule has 3 saturated carbocycles. The molecule has 5 rings (SSSR count). The molecule has 5 aliphatic rings. The Morgan fingerprint density at radius 3 is 2.70 bits per heavy atom. The van der Waals surface area contributed by atoms with Crippen LogP contribution in [0.4, 0.5) is 4.39 Å². The molecule has 1 aliphatic heterocycles. The number of Topliss-reactive ketones (excluding diaryl/α,β-unsaturated/α-hetero) is 1. The first-order chi connectivity index (χ1) is 22.3. The first-order valence-electron chi connectivity index (χ1n) is 16.6. The molecule has 14 heteroatoms. The monoisotopic (exact) mass is 664 g/mol. The van der Waals surface area contributed by atoms with Gasteiger partial charge in [-0.15, -0.1) is 10.1 Å². The fourth-order valence-electron chi connectivity index (χ4n) is 9.28. The maximum absolute atomic E-state index is 15.8. The topological polar surface area (TPSA) is 181 Å². The summed E-state index contributed by atoms with van der Waals surface area (Å²) >= 11 is 0. The third-order valence-electron chi connectivity index (χ3n) is 11.2. The zero-order chi connectivity index (χ0) is 34.1. The Morgan fingerprint density at radius 2 is 1.98 bits per heavy atom. The number of ketones is 2. The number of alkyl halides is 1. The third kappa shape index (κ3) is 6.35.